The Morgan fingerprint density at radius 2 is 1.13 bits per heavy atom. The van der Waals surface area contributed by atoms with Gasteiger partial charge in [0.25, 0.3) is 11.8 Å². The number of hydrogen-bond donors (Lipinski definition) is 1. The predicted molar refractivity (Wildman–Crippen MR) is 248 cm³/mol. The number of nitrogens with one attached hydrogen (secondary N) is 1. The Morgan fingerprint density at radius 3 is 1.51 bits per heavy atom. The van der Waals surface area contributed by atoms with Crippen molar-refractivity contribution in [1.82, 2.24) is 20.0 Å². The van der Waals surface area contributed by atoms with E-state index in [-0.39, 0.29) is 31.6 Å². The van der Waals surface area contributed by atoms with Crippen LogP contribution in [0.1, 0.15) is 105 Å². The molecule has 0 bridgehead atoms. The number of carbonyl (C=O) groups is 4. The summed E-state index contributed by atoms with van der Waals surface area (Å²) in [6.07, 6.45) is -8.11. The van der Waals surface area contributed by atoms with E-state index in [1.165, 1.54) is 4.90 Å². The Labute approximate surface area is 405 Å². The van der Waals surface area contributed by atoms with E-state index in [0.717, 1.165) is 56.5 Å². The number of carbonyl (C=O) groups excluding carboxylic acids is 4. The van der Waals surface area contributed by atoms with Gasteiger partial charge in [0.1, 0.15) is 19.6 Å². The second kappa shape index (κ2) is 20.4. The van der Waals surface area contributed by atoms with Gasteiger partial charge in [0, 0.05) is 40.4 Å². The average Bonchev–Trinajstić information content (AvgIpc) is 4.07. The second-order valence-electron chi connectivity index (χ2n) is 17.7. The molecular formula is C49H50Cl2F6N6O6. The van der Waals surface area contributed by atoms with Gasteiger partial charge in [-0.3, -0.25) is 19.2 Å². The molecule has 2 saturated heterocycles. The van der Waals surface area contributed by atoms with Crippen LogP contribution in [0.3, 0.4) is 0 Å². The number of halogens is 8. The number of rotatable bonds is 7. The van der Waals surface area contributed by atoms with E-state index >= 15 is 0 Å². The van der Waals surface area contributed by atoms with Crippen molar-refractivity contribution in [2.75, 3.05) is 33.0 Å². The Balaban J connectivity index is 0.000000205. The van der Waals surface area contributed by atoms with Crippen LogP contribution in [0.25, 0.3) is 0 Å². The average molecular weight is 1000 g/mol. The third-order valence-corrected chi connectivity index (χ3v) is 12.2. The van der Waals surface area contributed by atoms with Crippen LogP contribution in [0.15, 0.2) is 83.1 Å². The summed E-state index contributed by atoms with van der Waals surface area (Å²) in [6.45, 7) is 10.8. The Morgan fingerprint density at radius 1 is 0.681 bits per heavy atom. The zero-order chi connectivity index (χ0) is 50.8. The number of aryl methyl sites for hydroxylation is 4. The molecule has 2 atom stereocenters. The summed E-state index contributed by atoms with van der Waals surface area (Å²) in [5.41, 5.74) is 8.26. The molecule has 0 aliphatic carbocycles. The molecule has 4 aliphatic rings. The fourth-order valence-electron chi connectivity index (χ4n) is 7.99. The highest BCUT2D eigenvalue weighted by atomic mass is 35.5. The van der Waals surface area contributed by atoms with Crippen molar-refractivity contribution in [3.05, 3.63) is 138 Å². The Kier molecular flexibility index (Phi) is 15.5. The minimum absolute atomic E-state index is 0.0952. The van der Waals surface area contributed by atoms with Gasteiger partial charge in [-0.1, -0.05) is 64.7 Å². The maximum absolute atomic E-state index is 12.9. The molecule has 20 heteroatoms. The van der Waals surface area contributed by atoms with Gasteiger partial charge in [-0.05, 0) is 135 Å². The molecular weight excluding hydrogens is 953 g/mol. The number of oxime groups is 2. The van der Waals surface area contributed by atoms with Crippen molar-refractivity contribution in [3.8, 4) is 0 Å². The first-order chi connectivity index (χ1) is 32.2. The van der Waals surface area contributed by atoms with Gasteiger partial charge in [0.2, 0.25) is 11.8 Å². The fourth-order valence-corrected chi connectivity index (χ4v) is 8.57. The van der Waals surface area contributed by atoms with Crippen LogP contribution in [0.2, 0.25) is 10.0 Å². The van der Waals surface area contributed by atoms with Crippen molar-refractivity contribution in [2.24, 2.45) is 10.3 Å². The molecule has 2 fully saturated rings. The Bertz CT molecular complexity index is 2690. The molecule has 0 saturated carbocycles. The van der Waals surface area contributed by atoms with Crippen molar-refractivity contribution >= 4 is 58.3 Å². The van der Waals surface area contributed by atoms with Gasteiger partial charge in [-0.2, -0.15) is 26.3 Å². The van der Waals surface area contributed by atoms with E-state index in [0.29, 0.717) is 50.2 Å². The third kappa shape index (κ3) is 12.9. The molecule has 69 heavy (non-hydrogen) atoms. The summed E-state index contributed by atoms with van der Waals surface area (Å²) in [7, 11) is 0. The zero-order valence-corrected chi connectivity index (χ0v) is 40.3. The molecule has 4 aromatic carbocycles. The lowest BCUT2D eigenvalue weighted by Gasteiger charge is -2.22. The van der Waals surface area contributed by atoms with Crippen molar-refractivity contribution < 1.29 is 55.2 Å². The first-order valence-electron chi connectivity index (χ1n) is 21.7. The Hall–Kier alpha value is -6.14. The van der Waals surface area contributed by atoms with Crippen LogP contribution in [0, 0.1) is 27.7 Å². The molecule has 2 unspecified atom stereocenters. The van der Waals surface area contributed by atoms with Crippen LogP contribution in [-0.2, 0) is 30.5 Å². The third-order valence-electron chi connectivity index (χ3n) is 11.8. The van der Waals surface area contributed by atoms with Gasteiger partial charge in [0.15, 0.2) is 11.2 Å². The maximum atomic E-state index is 12.9. The summed E-state index contributed by atoms with van der Waals surface area (Å²) in [4.78, 5) is 63.7. The van der Waals surface area contributed by atoms with Crippen LogP contribution >= 0.6 is 23.2 Å². The number of alkyl halides is 6. The van der Waals surface area contributed by atoms with Crippen molar-refractivity contribution in [1.29, 1.82) is 0 Å². The monoisotopic (exact) mass is 1000 g/mol. The molecule has 4 amide bonds. The van der Waals surface area contributed by atoms with Gasteiger partial charge in [-0.25, -0.2) is 0 Å². The largest absolute Gasteiger partial charge is 0.406 e. The van der Waals surface area contributed by atoms with Crippen molar-refractivity contribution in [2.45, 2.75) is 91.3 Å². The molecule has 4 heterocycles. The molecule has 1 N–H and O–H groups in total. The highest BCUT2D eigenvalue weighted by Gasteiger charge is 2.41. The SMILES string of the molecule is CCC(F)(F)F.Cc1cc(Cl)cc(C2(C)CC(c3ccc(C(=O)N4CC(=O)N(CC(F)(F)F)C4)c(C)c3)=NO2)c1.Cc1cc(Cl)cc(C2(C)CC(c3ccc(C(=O)N4CNC(=O)C4)c(C)c3)=NO2)c1. The van der Waals surface area contributed by atoms with E-state index in [1.54, 1.807) is 31.2 Å². The van der Waals surface area contributed by atoms with Gasteiger partial charge < -0.3 is 29.7 Å². The summed E-state index contributed by atoms with van der Waals surface area (Å²) >= 11 is 12.4. The summed E-state index contributed by atoms with van der Waals surface area (Å²) < 4.78 is 70.4. The predicted octanol–water partition coefficient (Wildman–Crippen LogP) is 10.3. The number of nitrogens with zero attached hydrogens (tertiary/aromatic N) is 5. The summed E-state index contributed by atoms with van der Waals surface area (Å²) in [5, 5.41) is 12.5. The molecule has 0 spiro atoms. The van der Waals surface area contributed by atoms with Crippen LogP contribution < -0.4 is 5.32 Å². The summed E-state index contributed by atoms with van der Waals surface area (Å²) in [5.74, 6) is -1.52. The summed E-state index contributed by atoms with van der Waals surface area (Å²) in [6, 6.07) is 22.3. The quantitative estimate of drug-likeness (QED) is 0.183. The topological polar surface area (TPSA) is 133 Å². The highest BCUT2D eigenvalue weighted by Crippen LogP contribution is 2.39. The van der Waals surface area contributed by atoms with Crippen LogP contribution in [0.4, 0.5) is 26.3 Å². The first kappa shape index (κ1) is 52.2. The number of hydrogen-bond acceptors (Lipinski definition) is 8. The minimum Gasteiger partial charge on any atom is -0.384 e. The smallest absolute Gasteiger partial charge is 0.384 e. The molecule has 0 aromatic heterocycles. The fraction of sp³-hybridized carbons (Fsp3) is 0.388. The minimum atomic E-state index is -4.52. The number of amides is 4. The lowest BCUT2D eigenvalue weighted by molar-refractivity contribution is -0.157. The first-order valence-corrected chi connectivity index (χ1v) is 22.5. The molecule has 4 aliphatic heterocycles. The van der Waals surface area contributed by atoms with Crippen molar-refractivity contribution in [3.63, 3.8) is 0 Å². The maximum Gasteiger partial charge on any atom is 0.406 e. The molecule has 12 nitrogen and oxygen atoms in total. The van der Waals surface area contributed by atoms with Crippen LogP contribution in [0.5, 0.6) is 0 Å². The second-order valence-corrected chi connectivity index (χ2v) is 18.6. The molecule has 8 rings (SSSR count). The van der Waals surface area contributed by atoms with E-state index < -0.39 is 55.0 Å². The van der Waals surface area contributed by atoms with E-state index in [1.807, 2.05) is 77.1 Å². The number of benzene rings is 4. The lowest BCUT2D eigenvalue weighted by Crippen LogP contribution is -2.37. The highest BCUT2D eigenvalue weighted by molar-refractivity contribution is 6.31. The normalized spacial score (nSPS) is 20.0. The van der Waals surface area contributed by atoms with E-state index in [4.69, 9.17) is 32.9 Å². The molecule has 368 valence electrons. The van der Waals surface area contributed by atoms with E-state index in [9.17, 15) is 45.5 Å². The van der Waals surface area contributed by atoms with E-state index in [2.05, 4.69) is 21.7 Å². The van der Waals surface area contributed by atoms with Gasteiger partial charge in [0.05, 0.1) is 24.8 Å². The van der Waals surface area contributed by atoms with Crippen LogP contribution in [-0.4, -0.2) is 95.1 Å². The molecule has 4 aromatic rings. The zero-order valence-electron chi connectivity index (χ0n) is 38.8. The lowest BCUT2D eigenvalue weighted by atomic mass is 9.88. The van der Waals surface area contributed by atoms with Gasteiger partial charge >= 0.3 is 12.4 Å². The van der Waals surface area contributed by atoms with Gasteiger partial charge in [-0.15, -0.1) is 0 Å². The standard InChI is InChI=1S/C24H23ClF3N3O3.C22H22ClN3O3.C3H5F3/c1-14-6-17(9-18(25)7-14)23(3)10-20(29-34-23)16-4-5-19(15(2)8-16)22(33)30-11-21(32)31(13-30)12-24(26,27)28;1-13-6-16(9-17(23)7-13)22(3)10-19(25-29-22)15-4-5-18(14(2)8-15)21(28)26-11-20(27)24-12-26;1-2-3(4,5)6/h4-9H,10-13H2,1-3H3;4-9H,10-12H2,1-3H3,(H,24,27);2H2,1H3. The molecule has 0 radical (unpaired) electrons.